The molecule has 0 unspecified atom stereocenters. The lowest BCUT2D eigenvalue weighted by molar-refractivity contribution is -0.152. The molecule has 1 heterocycles. The van der Waals surface area contributed by atoms with E-state index in [-0.39, 0.29) is 5.69 Å². The van der Waals surface area contributed by atoms with Crippen LogP contribution in [0.15, 0.2) is 23.0 Å². The standard InChI is InChI=1S/C14H13Cl2N3O4/c1-13(6-14(13,15)16)11(21)23-5-10(20)17-7-2-3-8-9(4-7)19-12(22)18-8/h2-4H,5-6H2,1H3,(H,17,20)(H2,18,19,22)/t13-/m1/s1. The van der Waals surface area contributed by atoms with Crippen LogP contribution in [0, 0.1) is 5.41 Å². The summed E-state index contributed by atoms with van der Waals surface area (Å²) < 4.78 is 3.81. The first kappa shape index (κ1) is 15.9. The number of aromatic nitrogens is 2. The van der Waals surface area contributed by atoms with E-state index in [0.717, 1.165) is 0 Å². The number of fused-ring (bicyclic) bond motifs is 1. The lowest BCUT2D eigenvalue weighted by atomic mass is 10.1. The van der Waals surface area contributed by atoms with E-state index >= 15 is 0 Å². The van der Waals surface area contributed by atoms with Gasteiger partial charge in [-0.3, -0.25) is 9.59 Å². The Bertz CT molecular complexity index is 857. The van der Waals surface area contributed by atoms with Gasteiger partial charge in [-0.1, -0.05) is 0 Å². The minimum atomic E-state index is -1.13. The van der Waals surface area contributed by atoms with Gasteiger partial charge in [0.05, 0.1) is 11.0 Å². The Morgan fingerprint density at radius 1 is 1.30 bits per heavy atom. The summed E-state index contributed by atoms with van der Waals surface area (Å²) in [6.45, 7) is 1.14. The largest absolute Gasteiger partial charge is 0.455 e. The average Bonchev–Trinajstić information content (AvgIpc) is 2.80. The molecule has 9 heteroatoms. The number of imidazole rings is 1. The molecule has 3 N–H and O–H groups in total. The summed E-state index contributed by atoms with van der Waals surface area (Å²) in [6.07, 6.45) is 0.293. The van der Waals surface area contributed by atoms with Crippen LogP contribution in [-0.4, -0.2) is 32.8 Å². The predicted octanol–water partition coefficient (Wildman–Crippen LogP) is 1.92. The van der Waals surface area contributed by atoms with Gasteiger partial charge in [-0.25, -0.2) is 4.79 Å². The lowest BCUT2D eigenvalue weighted by Crippen LogP contribution is -2.26. The third-order valence-electron chi connectivity index (χ3n) is 3.84. The van der Waals surface area contributed by atoms with Crippen molar-refractivity contribution in [3.8, 4) is 0 Å². The molecule has 1 atom stereocenters. The molecule has 1 aromatic heterocycles. The number of halogens is 2. The first-order chi connectivity index (χ1) is 10.7. The number of aromatic amines is 2. The summed E-state index contributed by atoms with van der Waals surface area (Å²) in [4.78, 5) is 40.0. The van der Waals surface area contributed by atoms with E-state index in [4.69, 9.17) is 27.9 Å². The van der Waals surface area contributed by atoms with Gasteiger partial charge in [-0.05, 0) is 25.1 Å². The molecule has 0 radical (unpaired) electrons. The van der Waals surface area contributed by atoms with Crippen molar-refractivity contribution in [3.05, 3.63) is 28.7 Å². The van der Waals surface area contributed by atoms with Gasteiger partial charge in [-0.15, -0.1) is 23.2 Å². The number of amides is 1. The normalized spacial score (nSPS) is 21.9. The highest BCUT2D eigenvalue weighted by Crippen LogP contribution is 2.64. The summed E-state index contributed by atoms with van der Waals surface area (Å²) in [7, 11) is 0. The summed E-state index contributed by atoms with van der Waals surface area (Å²) in [6, 6.07) is 4.86. The number of benzene rings is 1. The molecule has 0 bridgehead atoms. The van der Waals surface area contributed by atoms with Gasteiger partial charge in [-0.2, -0.15) is 0 Å². The van der Waals surface area contributed by atoms with Crippen LogP contribution in [0.25, 0.3) is 11.0 Å². The molecule has 7 nitrogen and oxygen atoms in total. The second kappa shape index (κ2) is 5.28. The molecule has 1 aromatic carbocycles. The van der Waals surface area contributed by atoms with Crippen LogP contribution in [0.4, 0.5) is 5.69 Å². The van der Waals surface area contributed by atoms with Gasteiger partial charge in [0.1, 0.15) is 9.75 Å². The minimum absolute atomic E-state index is 0.293. The van der Waals surface area contributed by atoms with Crippen LogP contribution in [-0.2, 0) is 14.3 Å². The Morgan fingerprint density at radius 3 is 2.61 bits per heavy atom. The van der Waals surface area contributed by atoms with Crippen molar-refractivity contribution in [1.29, 1.82) is 0 Å². The van der Waals surface area contributed by atoms with Gasteiger partial charge in [0.25, 0.3) is 5.91 Å². The molecule has 1 aliphatic carbocycles. The van der Waals surface area contributed by atoms with Crippen molar-refractivity contribution in [3.63, 3.8) is 0 Å². The minimum Gasteiger partial charge on any atom is -0.455 e. The molecule has 122 valence electrons. The number of nitrogens with one attached hydrogen (secondary N) is 3. The molecule has 0 aliphatic heterocycles. The lowest BCUT2D eigenvalue weighted by Gasteiger charge is -2.11. The van der Waals surface area contributed by atoms with Crippen molar-refractivity contribution in [2.45, 2.75) is 17.7 Å². The number of anilines is 1. The zero-order chi connectivity index (χ0) is 16.8. The molecule has 0 saturated heterocycles. The monoisotopic (exact) mass is 357 g/mol. The van der Waals surface area contributed by atoms with Crippen LogP contribution in [0.1, 0.15) is 13.3 Å². The summed E-state index contributed by atoms with van der Waals surface area (Å²) in [5, 5.41) is 2.57. The van der Waals surface area contributed by atoms with E-state index < -0.39 is 28.2 Å². The van der Waals surface area contributed by atoms with Crippen LogP contribution in [0.5, 0.6) is 0 Å². The number of hydrogen-bond donors (Lipinski definition) is 3. The highest BCUT2D eigenvalue weighted by molar-refractivity contribution is 6.53. The highest BCUT2D eigenvalue weighted by atomic mass is 35.5. The average molecular weight is 358 g/mol. The number of rotatable bonds is 4. The van der Waals surface area contributed by atoms with Crippen molar-refractivity contribution in [2.75, 3.05) is 11.9 Å². The second-order valence-corrected chi connectivity index (χ2v) is 7.16. The molecule has 3 rings (SSSR count). The number of hydrogen-bond acceptors (Lipinski definition) is 4. The third kappa shape index (κ3) is 2.94. The topological polar surface area (TPSA) is 104 Å². The zero-order valence-electron chi connectivity index (χ0n) is 12.0. The predicted molar refractivity (Wildman–Crippen MR) is 85.7 cm³/mol. The Morgan fingerprint density at radius 2 is 1.96 bits per heavy atom. The van der Waals surface area contributed by atoms with Crippen LogP contribution >= 0.6 is 23.2 Å². The molecular formula is C14H13Cl2N3O4. The van der Waals surface area contributed by atoms with Gasteiger partial charge in [0.2, 0.25) is 0 Å². The van der Waals surface area contributed by atoms with Crippen LogP contribution in [0.2, 0.25) is 0 Å². The molecule has 2 aromatic rings. The van der Waals surface area contributed by atoms with Gasteiger partial charge in [0, 0.05) is 12.1 Å². The maximum Gasteiger partial charge on any atom is 0.323 e. The molecule has 1 saturated carbocycles. The number of carbonyl (C=O) groups excluding carboxylic acids is 2. The fourth-order valence-electron chi connectivity index (χ4n) is 2.22. The maximum atomic E-state index is 11.9. The second-order valence-electron chi connectivity index (χ2n) is 5.68. The van der Waals surface area contributed by atoms with E-state index in [2.05, 4.69) is 15.3 Å². The van der Waals surface area contributed by atoms with Gasteiger partial charge < -0.3 is 20.0 Å². The molecule has 0 spiro atoms. The Kier molecular flexibility index (Phi) is 3.65. The maximum absolute atomic E-state index is 11.9. The van der Waals surface area contributed by atoms with Crippen molar-refractivity contribution in [2.24, 2.45) is 5.41 Å². The molecule has 1 fully saturated rings. The quantitative estimate of drug-likeness (QED) is 0.574. The van der Waals surface area contributed by atoms with Crippen molar-refractivity contribution in [1.82, 2.24) is 9.97 Å². The molecule has 23 heavy (non-hydrogen) atoms. The van der Waals surface area contributed by atoms with E-state index in [1.54, 1.807) is 25.1 Å². The van der Waals surface area contributed by atoms with E-state index in [1.807, 2.05) is 0 Å². The summed E-state index contributed by atoms with van der Waals surface area (Å²) >= 11 is 11.8. The fraction of sp³-hybridized carbons (Fsp3) is 0.357. The Hall–Kier alpha value is -1.99. The summed E-state index contributed by atoms with van der Waals surface area (Å²) in [5.41, 5.74) is 0.349. The number of alkyl halides is 2. The molecule has 1 amide bonds. The number of H-pyrrole nitrogens is 2. The molecular weight excluding hydrogens is 345 g/mol. The smallest absolute Gasteiger partial charge is 0.323 e. The first-order valence-corrected chi connectivity index (χ1v) is 7.54. The SMILES string of the molecule is C[C@]1(C(=O)OCC(=O)Nc2ccc3[nH]c(=O)[nH]c3c2)CC1(Cl)Cl. The fourth-order valence-corrected chi connectivity index (χ4v) is 2.91. The Labute approximate surface area is 140 Å². The van der Waals surface area contributed by atoms with Crippen molar-refractivity contribution >= 4 is 51.8 Å². The number of carbonyl (C=O) groups is 2. The van der Waals surface area contributed by atoms with Crippen LogP contribution in [0.3, 0.4) is 0 Å². The van der Waals surface area contributed by atoms with Gasteiger partial charge in [0.15, 0.2) is 6.61 Å². The number of ether oxygens (including phenoxy) is 1. The third-order valence-corrected chi connectivity index (χ3v) is 4.94. The molecule has 1 aliphatic rings. The van der Waals surface area contributed by atoms with E-state index in [1.165, 1.54) is 0 Å². The zero-order valence-corrected chi connectivity index (χ0v) is 13.5. The van der Waals surface area contributed by atoms with Crippen molar-refractivity contribution < 1.29 is 14.3 Å². The van der Waals surface area contributed by atoms with E-state index in [0.29, 0.717) is 23.1 Å². The van der Waals surface area contributed by atoms with Gasteiger partial charge >= 0.3 is 11.7 Å². The summed E-state index contributed by atoms with van der Waals surface area (Å²) in [5.74, 6) is -1.11. The van der Waals surface area contributed by atoms with Crippen LogP contribution < -0.4 is 11.0 Å². The first-order valence-electron chi connectivity index (χ1n) is 6.78. The number of esters is 1. The Balaban J connectivity index is 1.58. The highest BCUT2D eigenvalue weighted by Gasteiger charge is 2.69. The van der Waals surface area contributed by atoms with E-state index in [9.17, 15) is 14.4 Å².